The van der Waals surface area contributed by atoms with Gasteiger partial charge in [-0.25, -0.2) is 0 Å². The van der Waals surface area contributed by atoms with Crippen molar-refractivity contribution in [3.8, 4) is 0 Å². The number of nitrogens with zero attached hydrogens (tertiary/aromatic N) is 1. The van der Waals surface area contributed by atoms with Crippen molar-refractivity contribution >= 4 is 0 Å². The molecule has 2 heteroatoms. The second-order valence-corrected chi connectivity index (χ2v) is 7.15. The highest BCUT2D eigenvalue weighted by molar-refractivity contribution is 4.75. The molecule has 0 bridgehead atoms. The molecule has 0 aromatic heterocycles. The maximum atomic E-state index is 10.3. The Hall–Kier alpha value is -0.0800. The van der Waals surface area contributed by atoms with Crippen molar-refractivity contribution in [2.45, 2.75) is 77.9 Å². The monoisotopic (exact) mass is 255 g/mol. The predicted molar refractivity (Wildman–Crippen MR) is 78.5 cm³/mol. The van der Waals surface area contributed by atoms with Crippen LogP contribution in [0.25, 0.3) is 0 Å². The normalized spacial score (nSPS) is 28.7. The lowest BCUT2D eigenvalue weighted by Gasteiger charge is -2.31. The van der Waals surface area contributed by atoms with Gasteiger partial charge in [0.15, 0.2) is 0 Å². The quantitative estimate of drug-likeness (QED) is 0.753. The van der Waals surface area contributed by atoms with E-state index in [0.717, 1.165) is 0 Å². The van der Waals surface area contributed by atoms with E-state index in [4.69, 9.17) is 0 Å². The Morgan fingerprint density at radius 3 is 2.22 bits per heavy atom. The molecule has 1 aliphatic rings. The summed E-state index contributed by atoms with van der Waals surface area (Å²) < 4.78 is 0. The first-order valence-corrected chi connectivity index (χ1v) is 7.77. The number of hydrogen-bond acceptors (Lipinski definition) is 2. The van der Waals surface area contributed by atoms with E-state index in [1.807, 2.05) is 19.0 Å². The van der Waals surface area contributed by atoms with E-state index >= 15 is 0 Å². The summed E-state index contributed by atoms with van der Waals surface area (Å²) in [6.07, 6.45) is 11.5. The van der Waals surface area contributed by atoms with E-state index in [2.05, 4.69) is 13.8 Å². The van der Waals surface area contributed by atoms with Crippen molar-refractivity contribution in [3.05, 3.63) is 0 Å². The minimum absolute atomic E-state index is 0.262. The van der Waals surface area contributed by atoms with Crippen LogP contribution in [0.3, 0.4) is 0 Å². The van der Waals surface area contributed by atoms with Gasteiger partial charge in [-0.05, 0) is 51.1 Å². The zero-order valence-corrected chi connectivity index (χ0v) is 12.9. The average molecular weight is 255 g/mol. The van der Waals surface area contributed by atoms with Crippen LogP contribution < -0.4 is 0 Å². The third-order valence-electron chi connectivity index (χ3n) is 4.57. The van der Waals surface area contributed by atoms with Crippen molar-refractivity contribution in [2.75, 3.05) is 14.1 Å². The Kier molecular flexibility index (Phi) is 6.65. The Morgan fingerprint density at radius 1 is 0.944 bits per heavy atom. The average Bonchev–Trinajstić information content (AvgIpc) is 2.33. The lowest BCUT2D eigenvalue weighted by atomic mass is 9.80. The lowest BCUT2D eigenvalue weighted by Crippen LogP contribution is -2.35. The van der Waals surface area contributed by atoms with E-state index in [-0.39, 0.29) is 6.23 Å². The summed E-state index contributed by atoms with van der Waals surface area (Å²) in [4.78, 5) is 1.97. The molecule has 2 unspecified atom stereocenters. The maximum Gasteiger partial charge on any atom is 0.109 e. The highest BCUT2D eigenvalue weighted by Gasteiger charge is 2.25. The first kappa shape index (κ1) is 16.0. The molecule has 1 aliphatic carbocycles. The fraction of sp³-hybridized carbons (Fsp3) is 1.00. The van der Waals surface area contributed by atoms with Crippen molar-refractivity contribution in [3.63, 3.8) is 0 Å². The van der Waals surface area contributed by atoms with Gasteiger partial charge >= 0.3 is 0 Å². The van der Waals surface area contributed by atoms with Crippen molar-refractivity contribution < 1.29 is 5.11 Å². The Morgan fingerprint density at radius 2 is 1.56 bits per heavy atom. The molecule has 2 nitrogen and oxygen atoms in total. The third kappa shape index (κ3) is 5.71. The number of aliphatic hydroxyl groups is 1. The van der Waals surface area contributed by atoms with Gasteiger partial charge in [0, 0.05) is 0 Å². The van der Waals surface area contributed by atoms with Crippen molar-refractivity contribution in [2.24, 2.45) is 11.3 Å². The van der Waals surface area contributed by atoms with Gasteiger partial charge in [0.05, 0.1) is 0 Å². The van der Waals surface area contributed by atoms with Crippen LogP contribution in [0.1, 0.15) is 71.6 Å². The summed E-state index contributed by atoms with van der Waals surface area (Å²) in [6, 6.07) is 0. The zero-order chi connectivity index (χ0) is 13.6. The lowest BCUT2D eigenvalue weighted by molar-refractivity contribution is -0.0203. The summed E-state index contributed by atoms with van der Waals surface area (Å²) in [5.41, 5.74) is 0.453. The number of rotatable bonds is 2. The molecule has 2 atom stereocenters. The van der Waals surface area contributed by atoms with Crippen LogP contribution in [0.15, 0.2) is 0 Å². The van der Waals surface area contributed by atoms with Crippen LogP contribution in [-0.2, 0) is 0 Å². The van der Waals surface area contributed by atoms with Gasteiger partial charge in [-0.1, -0.05) is 46.0 Å². The number of hydrogen-bond donors (Lipinski definition) is 1. The topological polar surface area (TPSA) is 23.5 Å². The van der Waals surface area contributed by atoms with Gasteiger partial charge in [-0.15, -0.1) is 0 Å². The van der Waals surface area contributed by atoms with Gasteiger partial charge in [0.25, 0.3) is 0 Å². The van der Waals surface area contributed by atoms with Crippen LogP contribution in [0.5, 0.6) is 0 Å². The Bertz CT molecular complexity index is 225. The molecule has 0 aliphatic heterocycles. The van der Waals surface area contributed by atoms with E-state index in [1.165, 1.54) is 57.8 Å². The third-order valence-corrected chi connectivity index (χ3v) is 4.57. The molecule has 18 heavy (non-hydrogen) atoms. The smallest absolute Gasteiger partial charge is 0.109 e. The van der Waals surface area contributed by atoms with Gasteiger partial charge in [-0.2, -0.15) is 0 Å². The molecular weight excluding hydrogens is 222 g/mol. The van der Waals surface area contributed by atoms with Gasteiger partial charge in [0.1, 0.15) is 6.23 Å². The summed E-state index contributed by atoms with van der Waals surface area (Å²) >= 11 is 0. The largest absolute Gasteiger partial charge is 0.378 e. The Balaban J connectivity index is 2.59. The van der Waals surface area contributed by atoms with Gasteiger partial charge < -0.3 is 5.11 Å². The molecule has 0 radical (unpaired) electrons. The van der Waals surface area contributed by atoms with Gasteiger partial charge in [0.2, 0.25) is 0 Å². The molecule has 0 aromatic rings. The maximum absolute atomic E-state index is 10.3. The van der Waals surface area contributed by atoms with Crippen LogP contribution in [0.2, 0.25) is 0 Å². The summed E-state index contributed by atoms with van der Waals surface area (Å²) in [5, 5.41) is 10.3. The molecule has 0 heterocycles. The first-order chi connectivity index (χ1) is 8.42. The van der Waals surface area contributed by atoms with Crippen LogP contribution in [0.4, 0.5) is 0 Å². The first-order valence-electron chi connectivity index (χ1n) is 7.77. The fourth-order valence-corrected chi connectivity index (χ4v) is 3.11. The molecular formula is C16H33NO. The van der Waals surface area contributed by atoms with Crippen LogP contribution in [0, 0.1) is 11.3 Å². The molecule has 0 saturated heterocycles. The van der Waals surface area contributed by atoms with Crippen molar-refractivity contribution in [1.82, 2.24) is 4.90 Å². The standard InChI is InChI=1S/C16H33NO/c1-16(2)12-9-7-5-6-8-10-14(11-13-16)15(18)17(3)4/h14-15,18H,5-13H2,1-4H3. The predicted octanol–water partition coefficient (Wildman–Crippen LogP) is 4.03. The second-order valence-electron chi connectivity index (χ2n) is 7.15. The molecule has 1 N–H and O–H groups in total. The molecule has 0 amide bonds. The van der Waals surface area contributed by atoms with Gasteiger partial charge in [-0.3, -0.25) is 4.90 Å². The Labute approximate surface area is 114 Å². The summed E-state index contributed by atoms with van der Waals surface area (Å²) in [7, 11) is 3.97. The molecule has 0 aromatic carbocycles. The highest BCUT2D eigenvalue weighted by Crippen LogP contribution is 2.34. The van der Waals surface area contributed by atoms with Crippen molar-refractivity contribution in [1.29, 1.82) is 0 Å². The van der Waals surface area contributed by atoms with E-state index in [1.54, 1.807) is 0 Å². The zero-order valence-electron chi connectivity index (χ0n) is 12.9. The van der Waals surface area contributed by atoms with E-state index in [9.17, 15) is 5.11 Å². The van der Waals surface area contributed by atoms with E-state index < -0.39 is 0 Å². The number of aliphatic hydroxyl groups excluding tert-OH is 1. The molecule has 1 fully saturated rings. The minimum Gasteiger partial charge on any atom is -0.378 e. The molecule has 1 rings (SSSR count). The molecule has 0 spiro atoms. The van der Waals surface area contributed by atoms with E-state index in [0.29, 0.717) is 11.3 Å². The summed E-state index contributed by atoms with van der Waals surface area (Å²) in [5.74, 6) is 0.456. The highest BCUT2D eigenvalue weighted by atomic mass is 16.3. The minimum atomic E-state index is -0.262. The SMILES string of the molecule is CN(C)C(O)C1CCCCCCCC(C)(C)CC1. The molecule has 1 saturated carbocycles. The second kappa shape index (κ2) is 7.49. The molecule has 108 valence electrons. The van der Waals surface area contributed by atoms with Crippen LogP contribution in [-0.4, -0.2) is 30.3 Å². The fourth-order valence-electron chi connectivity index (χ4n) is 3.11. The van der Waals surface area contributed by atoms with Crippen LogP contribution >= 0.6 is 0 Å². The summed E-state index contributed by atoms with van der Waals surface area (Å²) in [6.45, 7) is 4.79.